The fraction of sp³-hybridized carbons (Fsp3) is 1.00. The molecule has 8 heavy (non-hydrogen) atoms. The second kappa shape index (κ2) is 2.46. The zero-order valence-electron chi connectivity index (χ0n) is 5.89. The smallest absolute Gasteiger partial charge is 0.196 e. The summed E-state index contributed by atoms with van der Waals surface area (Å²) in [6, 6.07) is 0. The van der Waals surface area contributed by atoms with Crippen molar-refractivity contribution in [2.45, 2.75) is 39.6 Å². The van der Waals surface area contributed by atoms with Crippen LogP contribution in [0.1, 0.15) is 27.7 Å². The lowest BCUT2D eigenvalue weighted by molar-refractivity contribution is -0.232. The van der Waals surface area contributed by atoms with Gasteiger partial charge in [0.1, 0.15) is 0 Å². The van der Waals surface area contributed by atoms with Crippen molar-refractivity contribution in [2.75, 3.05) is 0 Å². The minimum atomic E-state index is -1.23. The van der Waals surface area contributed by atoms with Crippen LogP contribution in [0.5, 0.6) is 0 Å². The maximum Gasteiger partial charge on any atom is 0.196 e. The summed E-state index contributed by atoms with van der Waals surface area (Å²) in [5, 5.41) is 10.7. The van der Waals surface area contributed by atoms with Gasteiger partial charge < -0.3 is 4.74 Å². The Kier molecular flexibility index (Phi) is 2.44. The van der Waals surface area contributed by atoms with Crippen LogP contribution in [-0.4, -0.2) is 11.9 Å². The van der Waals surface area contributed by atoms with Crippen molar-refractivity contribution in [3.05, 3.63) is 0 Å². The molecule has 0 rings (SSSR count). The molecule has 0 heterocycles. The third kappa shape index (κ3) is 5.92. The van der Waals surface area contributed by atoms with E-state index in [1.165, 1.54) is 13.8 Å². The Hall–Kier alpha value is -0.0800. The number of ether oxygens (including phenoxy) is 1. The first-order valence-electron chi connectivity index (χ1n) is 2.80. The molecule has 0 bridgehead atoms. The van der Waals surface area contributed by atoms with Crippen molar-refractivity contribution in [3.8, 4) is 0 Å². The first-order chi connectivity index (χ1) is 3.42. The lowest BCUT2D eigenvalue weighted by Crippen LogP contribution is -2.25. The third-order valence-corrected chi connectivity index (χ3v) is 0.520. The van der Waals surface area contributed by atoms with E-state index in [0.717, 1.165) is 0 Å². The van der Waals surface area contributed by atoms with Crippen LogP contribution >= 0.6 is 0 Å². The number of rotatable bonds is 2. The van der Waals surface area contributed by atoms with Crippen LogP contribution in [0, 0.1) is 0 Å². The molecule has 0 aliphatic rings. The monoisotopic (exact) mass is 117 g/mol. The largest absolute Gasteiger partial charge is 0.345 e. The average molecular weight is 117 g/mol. The molecule has 0 aliphatic carbocycles. The SMILES string of the molecule is CC(C)OC(C)(C)[O]. The standard InChI is InChI=1S/C6H13O2/c1-5(2)8-6(3,4)7/h5H,1-4H3. The summed E-state index contributed by atoms with van der Waals surface area (Å²) in [7, 11) is 0. The van der Waals surface area contributed by atoms with Gasteiger partial charge in [0.2, 0.25) is 0 Å². The van der Waals surface area contributed by atoms with Gasteiger partial charge >= 0.3 is 0 Å². The highest BCUT2D eigenvalue weighted by Crippen LogP contribution is 2.06. The van der Waals surface area contributed by atoms with E-state index in [1.807, 2.05) is 13.8 Å². The summed E-state index contributed by atoms with van der Waals surface area (Å²) in [4.78, 5) is 0. The molecule has 0 unspecified atom stereocenters. The Morgan fingerprint density at radius 2 is 1.75 bits per heavy atom. The molecule has 0 saturated carbocycles. The van der Waals surface area contributed by atoms with Crippen LogP contribution in [0.25, 0.3) is 0 Å². The first kappa shape index (κ1) is 7.92. The normalized spacial score (nSPS) is 12.8. The Morgan fingerprint density at radius 3 is 1.75 bits per heavy atom. The first-order valence-corrected chi connectivity index (χ1v) is 2.80. The van der Waals surface area contributed by atoms with Crippen molar-refractivity contribution in [2.24, 2.45) is 0 Å². The number of hydrogen-bond acceptors (Lipinski definition) is 1. The average Bonchev–Trinajstić information content (AvgIpc) is 1.21. The maximum absolute atomic E-state index is 10.7. The highest BCUT2D eigenvalue weighted by atomic mass is 16.6. The van der Waals surface area contributed by atoms with Gasteiger partial charge in [0.25, 0.3) is 0 Å². The molecule has 0 aliphatic heterocycles. The predicted octanol–water partition coefficient (Wildman–Crippen LogP) is 1.58. The van der Waals surface area contributed by atoms with E-state index in [0.29, 0.717) is 0 Å². The molecule has 2 nitrogen and oxygen atoms in total. The highest BCUT2D eigenvalue weighted by molar-refractivity contribution is 4.49. The van der Waals surface area contributed by atoms with Gasteiger partial charge in [0.05, 0.1) is 6.10 Å². The van der Waals surface area contributed by atoms with E-state index >= 15 is 0 Å². The molecule has 0 spiro atoms. The molecule has 0 N–H and O–H groups in total. The van der Waals surface area contributed by atoms with Crippen LogP contribution in [0.15, 0.2) is 0 Å². The van der Waals surface area contributed by atoms with Gasteiger partial charge in [0.15, 0.2) is 5.79 Å². The van der Waals surface area contributed by atoms with Crippen LogP contribution in [0.2, 0.25) is 0 Å². The topological polar surface area (TPSA) is 29.1 Å². The Balaban J connectivity index is 3.39. The molecule has 49 valence electrons. The van der Waals surface area contributed by atoms with Gasteiger partial charge in [-0.3, -0.25) is 0 Å². The van der Waals surface area contributed by atoms with Crippen molar-refractivity contribution < 1.29 is 9.84 Å². The maximum atomic E-state index is 10.7. The fourth-order valence-corrected chi connectivity index (χ4v) is 0.568. The molecular weight excluding hydrogens is 104 g/mol. The van der Waals surface area contributed by atoms with Crippen molar-refractivity contribution in [3.63, 3.8) is 0 Å². The molecule has 0 fully saturated rings. The van der Waals surface area contributed by atoms with Crippen molar-refractivity contribution in [1.29, 1.82) is 0 Å². The molecule has 0 aromatic heterocycles. The molecule has 0 aromatic carbocycles. The fourth-order valence-electron chi connectivity index (χ4n) is 0.568. The van der Waals surface area contributed by atoms with Crippen molar-refractivity contribution in [1.82, 2.24) is 0 Å². The zero-order valence-corrected chi connectivity index (χ0v) is 5.89. The van der Waals surface area contributed by atoms with E-state index < -0.39 is 5.79 Å². The molecular formula is C6H13O2. The quantitative estimate of drug-likeness (QED) is 0.505. The Bertz CT molecular complexity index is 61.4. The predicted molar refractivity (Wildman–Crippen MR) is 31.0 cm³/mol. The summed E-state index contributed by atoms with van der Waals surface area (Å²) < 4.78 is 4.88. The van der Waals surface area contributed by atoms with Gasteiger partial charge in [-0.25, -0.2) is 0 Å². The second-order valence-electron chi connectivity index (χ2n) is 2.57. The van der Waals surface area contributed by atoms with Crippen LogP contribution in [0.3, 0.4) is 0 Å². The molecule has 0 saturated heterocycles. The summed E-state index contributed by atoms with van der Waals surface area (Å²) in [6.45, 7) is 6.71. The van der Waals surface area contributed by atoms with E-state index in [4.69, 9.17) is 4.74 Å². The van der Waals surface area contributed by atoms with Crippen LogP contribution < -0.4 is 0 Å². The minimum Gasteiger partial charge on any atom is -0.345 e. The van der Waals surface area contributed by atoms with E-state index in [9.17, 15) is 5.11 Å². The van der Waals surface area contributed by atoms with Gasteiger partial charge in [-0.05, 0) is 27.7 Å². The van der Waals surface area contributed by atoms with Gasteiger partial charge in [-0.15, -0.1) is 0 Å². The van der Waals surface area contributed by atoms with Crippen molar-refractivity contribution >= 4 is 0 Å². The van der Waals surface area contributed by atoms with Crippen LogP contribution in [0.4, 0.5) is 0 Å². The van der Waals surface area contributed by atoms with E-state index in [1.54, 1.807) is 0 Å². The lowest BCUT2D eigenvalue weighted by Gasteiger charge is -2.17. The third-order valence-electron chi connectivity index (χ3n) is 0.520. The summed E-state index contributed by atoms with van der Waals surface area (Å²) in [5.41, 5.74) is 0. The Labute approximate surface area is 50.5 Å². The molecule has 0 aromatic rings. The van der Waals surface area contributed by atoms with Crippen LogP contribution in [-0.2, 0) is 9.84 Å². The highest BCUT2D eigenvalue weighted by Gasteiger charge is 2.16. The van der Waals surface area contributed by atoms with E-state index in [2.05, 4.69) is 0 Å². The summed E-state index contributed by atoms with van der Waals surface area (Å²) >= 11 is 0. The summed E-state index contributed by atoms with van der Waals surface area (Å²) in [5.74, 6) is -1.23. The molecule has 2 heteroatoms. The second-order valence-corrected chi connectivity index (χ2v) is 2.57. The van der Waals surface area contributed by atoms with Gasteiger partial charge in [-0.1, -0.05) is 0 Å². The molecule has 0 amide bonds. The number of hydrogen-bond donors (Lipinski definition) is 0. The van der Waals surface area contributed by atoms with Gasteiger partial charge in [0, 0.05) is 0 Å². The minimum absolute atomic E-state index is 0.0301. The van der Waals surface area contributed by atoms with Gasteiger partial charge in [-0.2, -0.15) is 5.11 Å². The molecule has 0 atom stereocenters. The Morgan fingerprint density at radius 1 is 1.38 bits per heavy atom. The van der Waals surface area contributed by atoms with E-state index in [-0.39, 0.29) is 6.10 Å². The lowest BCUT2D eigenvalue weighted by atomic mass is 10.3. The zero-order chi connectivity index (χ0) is 6.78. The molecule has 1 radical (unpaired) electrons. The summed E-state index contributed by atoms with van der Waals surface area (Å²) in [6.07, 6.45) is 0.0301.